The van der Waals surface area contributed by atoms with E-state index >= 15 is 0 Å². The number of Topliss-reactive ketones (excluding diaryl/α,β-unsaturated/α-hetero) is 1. The zero-order valence-electron chi connectivity index (χ0n) is 19.1. The Morgan fingerprint density at radius 1 is 0.971 bits per heavy atom. The lowest BCUT2D eigenvalue weighted by Crippen LogP contribution is -2.47. The summed E-state index contributed by atoms with van der Waals surface area (Å²) < 4.78 is 11.8. The molecule has 0 saturated carbocycles. The van der Waals surface area contributed by atoms with Crippen molar-refractivity contribution in [2.45, 2.75) is 44.3 Å². The van der Waals surface area contributed by atoms with Crippen molar-refractivity contribution in [2.75, 3.05) is 0 Å². The van der Waals surface area contributed by atoms with Crippen molar-refractivity contribution in [1.29, 1.82) is 5.26 Å². The highest BCUT2D eigenvalue weighted by Crippen LogP contribution is 2.49. The number of hydrogen-bond donors (Lipinski definition) is 0. The van der Waals surface area contributed by atoms with Crippen molar-refractivity contribution < 1.29 is 19.1 Å². The Kier molecular flexibility index (Phi) is 6.90. The molecule has 0 amide bonds. The first-order valence-electron chi connectivity index (χ1n) is 11.4. The van der Waals surface area contributed by atoms with Gasteiger partial charge in [-0.25, -0.2) is 0 Å². The number of ether oxygens (including phenoxy) is 2. The van der Waals surface area contributed by atoms with E-state index in [2.05, 4.69) is 6.07 Å². The van der Waals surface area contributed by atoms with E-state index in [1.54, 1.807) is 36.4 Å². The number of ketones is 1. The summed E-state index contributed by atoms with van der Waals surface area (Å²) in [6.45, 7) is 2.00. The molecule has 0 unspecified atom stereocenters. The average molecular weight is 454 g/mol. The van der Waals surface area contributed by atoms with Crippen molar-refractivity contribution in [2.24, 2.45) is 5.41 Å². The summed E-state index contributed by atoms with van der Waals surface area (Å²) in [4.78, 5) is 25.8. The molecular formula is C29H27NO4. The highest BCUT2D eigenvalue weighted by atomic mass is 16.5. The molecule has 34 heavy (non-hydrogen) atoms. The molecule has 1 aliphatic rings. The highest BCUT2D eigenvalue weighted by Gasteiger charge is 2.50. The van der Waals surface area contributed by atoms with Crippen molar-refractivity contribution in [3.8, 4) is 11.8 Å². The number of esters is 1. The maximum Gasteiger partial charge on any atom is 0.313 e. The molecule has 172 valence electrons. The first kappa shape index (κ1) is 23.4. The predicted octanol–water partition coefficient (Wildman–Crippen LogP) is 5.86. The molecule has 1 heterocycles. The van der Waals surface area contributed by atoms with Gasteiger partial charge in [0.1, 0.15) is 11.8 Å². The van der Waals surface area contributed by atoms with Crippen LogP contribution in [0.15, 0.2) is 91.0 Å². The highest BCUT2D eigenvalue weighted by molar-refractivity contribution is 5.96. The van der Waals surface area contributed by atoms with Crippen LogP contribution in [0.2, 0.25) is 0 Å². The van der Waals surface area contributed by atoms with Gasteiger partial charge in [-0.05, 0) is 29.5 Å². The lowest BCUT2D eigenvalue weighted by molar-refractivity contribution is -0.160. The molecule has 3 aromatic rings. The minimum atomic E-state index is -1.26. The van der Waals surface area contributed by atoms with Gasteiger partial charge in [0.2, 0.25) is 0 Å². The Morgan fingerprint density at radius 2 is 1.56 bits per heavy atom. The second kappa shape index (κ2) is 10.0. The SMILES string of the molecule is C[C@]1(CC(=O)c2ccccc2)C[C@@H](CC(=O)Oc2ccccc2)O[C@@](C#N)(c2ccccc2)C1. The van der Waals surface area contributed by atoms with Gasteiger partial charge in [0.15, 0.2) is 11.4 Å². The van der Waals surface area contributed by atoms with Gasteiger partial charge < -0.3 is 9.47 Å². The maximum absolute atomic E-state index is 13.1. The van der Waals surface area contributed by atoms with E-state index in [0.717, 1.165) is 5.56 Å². The van der Waals surface area contributed by atoms with Crippen LogP contribution in [0.4, 0.5) is 0 Å². The fourth-order valence-corrected chi connectivity index (χ4v) is 4.81. The summed E-state index contributed by atoms with van der Waals surface area (Å²) in [6.07, 6.45) is 0.481. The minimum Gasteiger partial charge on any atom is -0.426 e. The fourth-order valence-electron chi connectivity index (χ4n) is 4.81. The van der Waals surface area contributed by atoms with Crippen LogP contribution in [0.5, 0.6) is 5.75 Å². The van der Waals surface area contributed by atoms with Gasteiger partial charge in [-0.1, -0.05) is 85.8 Å². The Balaban J connectivity index is 1.60. The summed E-state index contributed by atoms with van der Waals surface area (Å²) in [6, 6.07) is 29.7. The topological polar surface area (TPSA) is 76.4 Å². The van der Waals surface area contributed by atoms with Crippen LogP contribution >= 0.6 is 0 Å². The summed E-state index contributed by atoms with van der Waals surface area (Å²) in [5.74, 6) is 0.0326. The van der Waals surface area contributed by atoms with Crippen LogP contribution in [-0.4, -0.2) is 17.9 Å². The molecule has 5 heteroatoms. The number of para-hydroxylation sites is 1. The van der Waals surface area contributed by atoms with Gasteiger partial charge in [0.25, 0.3) is 0 Å². The molecule has 1 saturated heterocycles. The van der Waals surface area contributed by atoms with E-state index in [1.165, 1.54) is 0 Å². The average Bonchev–Trinajstić information content (AvgIpc) is 2.85. The van der Waals surface area contributed by atoms with Gasteiger partial charge in [0, 0.05) is 18.4 Å². The van der Waals surface area contributed by atoms with Crippen LogP contribution in [0.25, 0.3) is 0 Å². The first-order valence-corrected chi connectivity index (χ1v) is 11.4. The van der Waals surface area contributed by atoms with Crippen LogP contribution < -0.4 is 4.74 Å². The molecule has 5 nitrogen and oxygen atoms in total. The molecule has 0 N–H and O–H groups in total. The molecule has 0 spiro atoms. The van der Waals surface area contributed by atoms with Gasteiger partial charge in [-0.15, -0.1) is 0 Å². The van der Waals surface area contributed by atoms with E-state index in [-0.39, 0.29) is 18.6 Å². The zero-order valence-corrected chi connectivity index (χ0v) is 19.1. The van der Waals surface area contributed by atoms with Gasteiger partial charge in [0.05, 0.1) is 12.5 Å². The normalized spacial score (nSPS) is 24.1. The molecule has 0 radical (unpaired) electrons. The molecule has 0 aliphatic carbocycles. The number of benzene rings is 3. The monoisotopic (exact) mass is 453 g/mol. The van der Waals surface area contributed by atoms with Crippen LogP contribution in [0.3, 0.4) is 0 Å². The predicted molar refractivity (Wildman–Crippen MR) is 128 cm³/mol. The van der Waals surface area contributed by atoms with Crippen molar-refractivity contribution in [1.82, 2.24) is 0 Å². The number of carbonyl (C=O) groups excluding carboxylic acids is 2. The number of nitrogens with zero attached hydrogens (tertiary/aromatic N) is 1. The summed E-state index contributed by atoms with van der Waals surface area (Å²) in [7, 11) is 0. The fraction of sp³-hybridized carbons (Fsp3) is 0.276. The molecular weight excluding hydrogens is 426 g/mol. The van der Waals surface area contributed by atoms with Crippen LogP contribution in [-0.2, 0) is 15.1 Å². The van der Waals surface area contributed by atoms with Crippen molar-refractivity contribution in [3.63, 3.8) is 0 Å². The van der Waals surface area contributed by atoms with E-state index in [4.69, 9.17) is 9.47 Å². The Morgan fingerprint density at radius 3 is 2.18 bits per heavy atom. The molecule has 3 atom stereocenters. The van der Waals surface area contributed by atoms with Crippen LogP contribution in [0, 0.1) is 16.7 Å². The van der Waals surface area contributed by atoms with E-state index in [1.807, 2.05) is 61.5 Å². The van der Waals surface area contributed by atoms with Gasteiger partial charge >= 0.3 is 5.97 Å². The summed E-state index contributed by atoms with van der Waals surface area (Å²) in [5, 5.41) is 10.3. The maximum atomic E-state index is 13.1. The molecule has 4 rings (SSSR count). The number of carbonyl (C=O) groups is 2. The second-order valence-electron chi connectivity index (χ2n) is 9.19. The third kappa shape index (κ3) is 5.41. The molecule has 1 aliphatic heterocycles. The van der Waals surface area contributed by atoms with E-state index in [0.29, 0.717) is 24.2 Å². The summed E-state index contributed by atoms with van der Waals surface area (Å²) in [5.41, 5.74) is -0.452. The van der Waals surface area contributed by atoms with Crippen molar-refractivity contribution >= 4 is 11.8 Å². The zero-order chi connectivity index (χ0) is 24.0. The third-order valence-electron chi connectivity index (χ3n) is 6.24. The molecule has 1 fully saturated rings. The number of rotatable bonds is 7. The minimum absolute atomic E-state index is 0.00973. The van der Waals surface area contributed by atoms with Gasteiger partial charge in [-0.2, -0.15) is 5.26 Å². The van der Waals surface area contributed by atoms with E-state index < -0.39 is 23.1 Å². The Bertz CT molecular complexity index is 1170. The molecule has 0 bridgehead atoms. The lowest BCUT2D eigenvalue weighted by atomic mass is 9.67. The Hall–Kier alpha value is -3.75. The lowest BCUT2D eigenvalue weighted by Gasteiger charge is -2.46. The summed E-state index contributed by atoms with van der Waals surface area (Å²) >= 11 is 0. The quantitative estimate of drug-likeness (QED) is 0.254. The standard InChI is InChI=1S/C29H27NO4/c1-28(19-26(31)22-11-5-2-6-12-22)18-25(17-27(32)33-24-15-9-4-10-16-24)34-29(20-28,21-30)23-13-7-3-8-14-23/h2-16,25H,17-20H2,1H3/t25-,28-,29+/m1/s1. The first-order chi connectivity index (χ1) is 16.4. The largest absolute Gasteiger partial charge is 0.426 e. The second-order valence-corrected chi connectivity index (χ2v) is 9.19. The van der Waals surface area contributed by atoms with E-state index in [9.17, 15) is 14.9 Å². The molecule has 0 aromatic heterocycles. The van der Waals surface area contributed by atoms with Gasteiger partial charge in [-0.3, -0.25) is 9.59 Å². The number of hydrogen-bond acceptors (Lipinski definition) is 5. The van der Waals surface area contributed by atoms with Crippen molar-refractivity contribution in [3.05, 3.63) is 102 Å². The smallest absolute Gasteiger partial charge is 0.313 e. The van der Waals surface area contributed by atoms with Crippen LogP contribution in [0.1, 0.15) is 48.5 Å². The Labute approximate surface area is 199 Å². The molecule has 3 aromatic carbocycles. The third-order valence-corrected chi connectivity index (χ3v) is 6.24. The number of nitriles is 1.